The van der Waals surface area contributed by atoms with E-state index in [1.165, 1.54) is 0 Å². The Kier molecular flexibility index (Phi) is 3.93. The highest BCUT2D eigenvalue weighted by Crippen LogP contribution is 2.52. The molecule has 0 aliphatic heterocycles. The van der Waals surface area contributed by atoms with Gasteiger partial charge in [0.15, 0.2) is 0 Å². The van der Waals surface area contributed by atoms with E-state index in [0.29, 0.717) is 18.6 Å². The Morgan fingerprint density at radius 1 is 1.20 bits per heavy atom. The van der Waals surface area contributed by atoms with Gasteiger partial charge in [0.25, 0.3) is 0 Å². The molecule has 1 aromatic carbocycles. The number of carbonyl (C=O) groups is 1. The van der Waals surface area contributed by atoms with E-state index in [2.05, 4.69) is 13.8 Å². The van der Waals surface area contributed by atoms with Crippen LogP contribution in [0, 0.1) is 0 Å². The Morgan fingerprint density at radius 2 is 1.75 bits per heavy atom. The van der Waals surface area contributed by atoms with E-state index >= 15 is 0 Å². The number of benzene rings is 1. The number of methoxy groups -OCH3 is 2. The molecule has 0 heterocycles. The molecular weight excluding hydrogens is 256 g/mol. The number of hydrogen-bond donors (Lipinski definition) is 1. The van der Waals surface area contributed by atoms with E-state index in [1.807, 2.05) is 12.1 Å². The van der Waals surface area contributed by atoms with Crippen LogP contribution in [0.5, 0.6) is 11.5 Å². The summed E-state index contributed by atoms with van der Waals surface area (Å²) in [4.78, 5) is 11.9. The first-order valence-corrected chi connectivity index (χ1v) is 6.96. The minimum absolute atomic E-state index is 0.173. The molecule has 1 fully saturated rings. The van der Waals surface area contributed by atoms with Crippen molar-refractivity contribution in [3.63, 3.8) is 0 Å². The Balaban J connectivity index is 2.74. The van der Waals surface area contributed by atoms with Gasteiger partial charge in [0.2, 0.25) is 0 Å². The van der Waals surface area contributed by atoms with Gasteiger partial charge in [-0.05, 0) is 30.9 Å². The van der Waals surface area contributed by atoms with Crippen molar-refractivity contribution in [2.75, 3.05) is 14.2 Å². The molecule has 20 heavy (non-hydrogen) atoms. The molecule has 0 saturated heterocycles. The average molecular weight is 278 g/mol. The van der Waals surface area contributed by atoms with Gasteiger partial charge in [0.1, 0.15) is 11.5 Å². The molecule has 0 unspecified atom stereocenters. The molecule has 1 aliphatic carbocycles. The molecule has 2 rings (SSSR count). The number of carboxylic acid groups (broad SMARTS) is 1. The molecule has 110 valence electrons. The SMILES string of the molecule is COc1ccc(OC)c(C2(C(=O)O)CCC2)c1C(C)C. The van der Waals surface area contributed by atoms with Crippen molar-refractivity contribution in [3.05, 3.63) is 23.3 Å². The Labute approximate surface area is 119 Å². The van der Waals surface area contributed by atoms with Crippen molar-refractivity contribution in [2.24, 2.45) is 0 Å². The molecule has 1 aromatic rings. The number of carboxylic acids is 1. The summed E-state index contributed by atoms with van der Waals surface area (Å²) in [7, 11) is 3.20. The zero-order valence-corrected chi connectivity index (χ0v) is 12.5. The molecule has 4 nitrogen and oxygen atoms in total. The standard InChI is InChI=1S/C16H22O4/c1-10(2)13-11(19-3)6-7-12(20-4)14(13)16(15(17)18)8-5-9-16/h6-7,10H,5,8-9H2,1-4H3,(H,17,18). The number of ether oxygens (including phenoxy) is 2. The van der Waals surface area contributed by atoms with Crippen LogP contribution in [0.1, 0.15) is 50.2 Å². The van der Waals surface area contributed by atoms with Crippen molar-refractivity contribution >= 4 is 5.97 Å². The summed E-state index contributed by atoms with van der Waals surface area (Å²) in [5.74, 6) is 0.795. The molecule has 0 radical (unpaired) electrons. The highest BCUT2D eigenvalue weighted by atomic mass is 16.5. The molecule has 1 saturated carbocycles. The maximum Gasteiger partial charge on any atom is 0.314 e. The van der Waals surface area contributed by atoms with Crippen LogP contribution in [0.2, 0.25) is 0 Å². The summed E-state index contributed by atoms with van der Waals surface area (Å²) in [6.45, 7) is 4.10. The van der Waals surface area contributed by atoms with Gasteiger partial charge in [-0.1, -0.05) is 20.3 Å². The van der Waals surface area contributed by atoms with Crippen LogP contribution >= 0.6 is 0 Å². The summed E-state index contributed by atoms with van der Waals surface area (Å²) in [5.41, 5.74) is 0.932. The van der Waals surface area contributed by atoms with E-state index in [9.17, 15) is 9.90 Å². The minimum atomic E-state index is -0.820. The largest absolute Gasteiger partial charge is 0.496 e. The third kappa shape index (κ3) is 2.03. The summed E-state index contributed by atoms with van der Waals surface area (Å²) in [6, 6.07) is 3.66. The highest BCUT2D eigenvalue weighted by molar-refractivity contribution is 5.85. The van der Waals surface area contributed by atoms with Gasteiger partial charge in [-0.2, -0.15) is 0 Å². The van der Waals surface area contributed by atoms with E-state index in [0.717, 1.165) is 23.3 Å². The van der Waals surface area contributed by atoms with Crippen LogP contribution in [0.3, 0.4) is 0 Å². The zero-order valence-electron chi connectivity index (χ0n) is 12.5. The van der Waals surface area contributed by atoms with E-state index < -0.39 is 11.4 Å². The number of aliphatic carboxylic acids is 1. The van der Waals surface area contributed by atoms with E-state index in [1.54, 1.807) is 14.2 Å². The third-order valence-corrected chi connectivity index (χ3v) is 4.28. The summed E-state index contributed by atoms with van der Waals surface area (Å²) < 4.78 is 10.9. The topological polar surface area (TPSA) is 55.8 Å². The second kappa shape index (κ2) is 5.35. The van der Waals surface area contributed by atoms with Crippen molar-refractivity contribution < 1.29 is 19.4 Å². The summed E-state index contributed by atoms with van der Waals surface area (Å²) >= 11 is 0. The third-order valence-electron chi connectivity index (χ3n) is 4.28. The maximum atomic E-state index is 11.9. The quantitative estimate of drug-likeness (QED) is 0.897. The van der Waals surface area contributed by atoms with Crippen LogP contribution in [-0.4, -0.2) is 25.3 Å². The fourth-order valence-electron chi connectivity index (χ4n) is 3.10. The summed E-state index contributed by atoms with van der Waals surface area (Å²) in [5, 5.41) is 9.73. The Hall–Kier alpha value is -1.71. The predicted molar refractivity (Wildman–Crippen MR) is 76.8 cm³/mol. The van der Waals surface area contributed by atoms with Crippen LogP contribution in [0.15, 0.2) is 12.1 Å². The molecule has 0 atom stereocenters. The molecule has 0 bridgehead atoms. The molecule has 0 spiro atoms. The smallest absolute Gasteiger partial charge is 0.314 e. The predicted octanol–water partition coefficient (Wildman–Crippen LogP) is 3.33. The lowest BCUT2D eigenvalue weighted by Gasteiger charge is -2.41. The first-order valence-electron chi connectivity index (χ1n) is 6.96. The van der Waals surface area contributed by atoms with E-state index in [4.69, 9.17) is 9.47 Å². The monoisotopic (exact) mass is 278 g/mol. The van der Waals surface area contributed by atoms with Gasteiger partial charge in [0, 0.05) is 11.1 Å². The maximum absolute atomic E-state index is 11.9. The second-order valence-corrected chi connectivity index (χ2v) is 5.65. The van der Waals surface area contributed by atoms with Gasteiger partial charge in [0.05, 0.1) is 19.6 Å². The Bertz CT molecular complexity index is 515. The molecule has 1 N–H and O–H groups in total. The van der Waals surface area contributed by atoms with Crippen LogP contribution in [0.25, 0.3) is 0 Å². The lowest BCUT2D eigenvalue weighted by molar-refractivity contribution is -0.147. The first-order chi connectivity index (χ1) is 9.47. The van der Waals surface area contributed by atoms with Crippen molar-refractivity contribution in [1.82, 2.24) is 0 Å². The van der Waals surface area contributed by atoms with Gasteiger partial charge in [-0.25, -0.2) is 0 Å². The molecular formula is C16H22O4. The normalized spacial score (nSPS) is 16.6. The van der Waals surface area contributed by atoms with Gasteiger partial charge in [-0.15, -0.1) is 0 Å². The van der Waals surface area contributed by atoms with Crippen molar-refractivity contribution in [1.29, 1.82) is 0 Å². The highest BCUT2D eigenvalue weighted by Gasteiger charge is 2.49. The van der Waals surface area contributed by atoms with Gasteiger partial charge >= 0.3 is 5.97 Å². The number of hydrogen-bond acceptors (Lipinski definition) is 3. The van der Waals surface area contributed by atoms with Crippen LogP contribution in [-0.2, 0) is 10.2 Å². The van der Waals surface area contributed by atoms with Crippen LogP contribution in [0.4, 0.5) is 0 Å². The lowest BCUT2D eigenvalue weighted by Crippen LogP contribution is -2.43. The molecule has 4 heteroatoms. The minimum Gasteiger partial charge on any atom is -0.496 e. The van der Waals surface area contributed by atoms with Crippen LogP contribution < -0.4 is 9.47 Å². The molecule has 0 aromatic heterocycles. The Morgan fingerprint density at radius 3 is 2.10 bits per heavy atom. The van der Waals surface area contributed by atoms with Gasteiger partial charge < -0.3 is 14.6 Å². The van der Waals surface area contributed by atoms with Gasteiger partial charge in [-0.3, -0.25) is 4.79 Å². The zero-order chi connectivity index (χ0) is 14.9. The number of rotatable bonds is 5. The van der Waals surface area contributed by atoms with Crippen molar-refractivity contribution in [2.45, 2.75) is 44.4 Å². The van der Waals surface area contributed by atoms with Crippen molar-refractivity contribution in [3.8, 4) is 11.5 Å². The molecule has 0 amide bonds. The fraction of sp³-hybridized carbons (Fsp3) is 0.562. The average Bonchev–Trinajstić information content (AvgIpc) is 2.35. The fourth-order valence-corrected chi connectivity index (χ4v) is 3.10. The second-order valence-electron chi connectivity index (χ2n) is 5.65. The lowest BCUT2D eigenvalue weighted by atomic mass is 9.62. The molecule has 1 aliphatic rings. The van der Waals surface area contributed by atoms with E-state index in [-0.39, 0.29) is 5.92 Å². The first kappa shape index (κ1) is 14.7. The summed E-state index contributed by atoms with van der Waals surface area (Å²) in [6.07, 6.45) is 2.25.